The molecule has 1 aromatic carbocycles. The molecule has 0 aliphatic heterocycles. The largest absolute Gasteiger partial charge is 0.508 e. The van der Waals surface area contributed by atoms with Crippen LogP contribution < -0.4 is 0 Å². The number of aromatic hydroxyl groups is 1. The van der Waals surface area contributed by atoms with Crippen LogP contribution in [0.3, 0.4) is 0 Å². The Morgan fingerprint density at radius 1 is 1.23 bits per heavy atom. The van der Waals surface area contributed by atoms with Crippen molar-refractivity contribution >= 4 is 5.97 Å². The fourth-order valence-electron chi connectivity index (χ4n) is 5.70. The van der Waals surface area contributed by atoms with Gasteiger partial charge in [0.1, 0.15) is 18.0 Å². The monoisotopic (exact) mass is 360 g/mol. The predicted octanol–water partition coefficient (Wildman–Crippen LogP) is 4.58. The maximum atomic E-state index is 11.8. The van der Waals surface area contributed by atoms with Crippen LogP contribution in [0.4, 0.5) is 0 Å². The second kappa shape index (κ2) is 6.26. The third-order valence-corrected chi connectivity index (χ3v) is 6.74. The first-order valence-corrected chi connectivity index (χ1v) is 9.71. The summed E-state index contributed by atoms with van der Waals surface area (Å²) in [5.74, 6) is 0.0803. The molecule has 0 radical (unpaired) electrons. The highest BCUT2D eigenvalue weighted by atomic mass is 16.6. The zero-order valence-electron chi connectivity index (χ0n) is 16.8. The van der Waals surface area contributed by atoms with Crippen molar-refractivity contribution in [3.63, 3.8) is 0 Å². The lowest BCUT2D eigenvalue weighted by atomic mass is 9.49. The number of hydrogen-bond acceptors (Lipinski definition) is 4. The summed E-state index contributed by atoms with van der Waals surface area (Å²) in [5, 5.41) is 21.8. The molecule has 0 saturated heterocycles. The molecule has 4 unspecified atom stereocenters. The summed E-state index contributed by atoms with van der Waals surface area (Å²) >= 11 is 0. The molecule has 0 spiro atoms. The number of ether oxygens (including phenoxy) is 1. The Hall–Kier alpha value is -1.55. The van der Waals surface area contributed by atoms with Crippen molar-refractivity contribution in [1.29, 1.82) is 0 Å². The first-order valence-electron chi connectivity index (χ1n) is 9.71. The number of aliphatic hydroxyl groups is 1. The number of carbonyl (C=O) groups is 1. The SMILES string of the molecule is CC(=O)OC1C(O)c2cc(C(C)C)c(O)cc2C2(C)CCCC(C)(C)C12. The molecular weight excluding hydrogens is 328 g/mol. The maximum absolute atomic E-state index is 11.8. The Kier molecular flexibility index (Phi) is 4.63. The van der Waals surface area contributed by atoms with E-state index in [1.807, 2.05) is 26.0 Å². The molecule has 0 aromatic heterocycles. The number of hydrogen-bond donors (Lipinski definition) is 2. The van der Waals surface area contributed by atoms with Gasteiger partial charge in [-0.15, -0.1) is 0 Å². The van der Waals surface area contributed by atoms with E-state index in [0.29, 0.717) is 5.75 Å². The van der Waals surface area contributed by atoms with Crippen LogP contribution in [-0.4, -0.2) is 22.3 Å². The van der Waals surface area contributed by atoms with Gasteiger partial charge in [0.25, 0.3) is 0 Å². The number of aliphatic hydroxyl groups excluding tert-OH is 1. The van der Waals surface area contributed by atoms with E-state index in [0.717, 1.165) is 36.0 Å². The zero-order chi connectivity index (χ0) is 19.4. The van der Waals surface area contributed by atoms with E-state index in [1.165, 1.54) is 6.92 Å². The summed E-state index contributed by atoms with van der Waals surface area (Å²) in [4.78, 5) is 11.8. The van der Waals surface area contributed by atoms with Gasteiger partial charge in [-0.2, -0.15) is 0 Å². The fraction of sp³-hybridized carbons (Fsp3) is 0.682. The van der Waals surface area contributed by atoms with Crippen molar-refractivity contribution in [3.8, 4) is 5.75 Å². The van der Waals surface area contributed by atoms with E-state index in [4.69, 9.17) is 4.74 Å². The van der Waals surface area contributed by atoms with Crippen LogP contribution in [-0.2, 0) is 14.9 Å². The average molecular weight is 360 g/mol. The van der Waals surface area contributed by atoms with E-state index in [1.54, 1.807) is 0 Å². The van der Waals surface area contributed by atoms with Crippen LogP contribution in [0, 0.1) is 11.3 Å². The highest BCUT2D eigenvalue weighted by molar-refractivity contribution is 5.66. The molecule has 0 amide bonds. The minimum atomic E-state index is -0.873. The highest BCUT2D eigenvalue weighted by Crippen LogP contribution is 2.60. The lowest BCUT2D eigenvalue weighted by Crippen LogP contribution is -2.57. The number of fused-ring (bicyclic) bond motifs is 3. The summed E-state index contributed by atoms with van der Waals surface area (Å²) in [7, 11) is 0. The smallest absolute Gasteiger partial charge is 0.303 e. The lowest BCUT2D eigenvalue weighted by Gasteiger charge is -2.57. The van der Waals surface area contributed by atoms with Gasteiger partial charge < -0.3 is 14.9 Å². The molecule has 0 heterocycles. The van der Waals surface area contributed by atoms with E-state index in [2.05, 4.69) is 20.8 Å². The van der Waals surface area contributed by atoms with Crippen LogP contribution in [0.25, 0.3) is 0 Å². The van der Waals surface area contributed by atoms with Gasteiger partial charge in [-0.05, 0) is 58.4 Å². The normalized spacial score (nSPS) is 32.7. The molecule has 144 valence electrons. The highest BCUT2D eigenvalue weighted by Gasteiger charge is 2.58. The fourth-order valence-corrected chi connectivity index (χ4v) is 5.70. The summed E-state index contributed by atoms with van der Waals surface area (Å²) in [5.41, 5.74) is 2.31. The van der Waals surface area contributed by atoms with Crippen LogP contribution in [0.1, 0.15) is 89.5 Å². The molecule has 2 aliphatic rings. The van der Waals surface area contributed by atoms with Gasteiger partial charge in [0.2, 0.25) is 0 Å². The summed E-state index contributed by atoms with van der Waals surface area (Å²) in [6.45, 7) is 12.1. The minimum absolute atomic E-state index is 0.000509. The van der Waals surface area contributed by atoms with E-state index >= 15 is 0 Å². The lowest BCUT2D eigenvalue weighted by molar-refractivity contribution is -0.174. The molecule has 4 nitrogen and oxygen atoms in total. The Bertz CT molecular complexity index is 721. The molecule has 26 heavy (non-hydrogen) atoms. The van der Waals surface area contributed by atoms with Gasteiger partial charge in [0, 0.05) is 12.8 Å². The standard InChI is InChI=1S/C22H32O4/c1-12(2)14-10-15-16(11-17(14)24)22(6)9-7-8-21(4,5)20(22)19(18(15)25)26-13(3)23/h10-12,18-20,24-25H,7-9H2,1-6H3. The number of esters is 1. The van der Waals surface area contributed by atoms with Crippen LogP contribution in [0.15, 0.2) is 12.1 Å². The van der Waals surface area contributed by atoms with E-state index < -0.39 is 12.2 Å². The van der Waals surface area contributed by atoms with Crippen LogP contribution in [0.2, 0.25) is 0 Å². The molecule has 0 bridgehead atoms. The summed E-state index contributed by atoms with van der Waals surface area (Å²) < 4.78 is 5.71. The van der Waals surface area contributed by atoms with Crippen molar-refractivity contribution in [1.82, 2.24) is 0 Å². The summed E-state index contributed by atoms with van der Waals surface area (Å²) in [6.07, 6.45) is 1.63. The quantitative estimate of drug-likeness (QED) is 0.758. The van der Waals surface area contributed by atoms with Gasteiger partial charge in [-0.3, -0.25) is 4.79 Å². The number of phenols is 1. The van der Waals surface area contributed by atoms with E-state index in [-0.39, 0.29) is 28.6 Å². The molecule has 1 fully saturated rings. The molecule has 1 aromatic rings. The van der Waals surface area contributed by atoms with Crippen LogP contribution >= 0.6 is 0 Å². The van der Waals surface area contributed by atoms with Crippen molar-refractivity contribution in [2.45, 2.75) is 84.3 Å². The zero-order valence-corrected chi connectivity index (χ0v) is 16.8. The Morgan fingerprint density at radius 3 is 2.46 bits per heavy atom. The van der Waals surface area contributed by atoms with Crippen molar-refractivity contribution in [3.05, 3.63) is 28.8 Å². The summed E-state index contributed by atoms with van der Waals surface area (Å²) in [6, 6.07) is 3.77. The number of benzene rings is 1. The number of rotatable bonds is 2. The van der Waals surface area contributed by atoms with Gasteiger partial charge >= 0.3 is 5.97 Å². The number of phenolic OH excluding ortho intramolecular Hbond substituents is 1. The average Bonchev–Trinajstić information content (AvgIpc) is 2.50. The Balaban J connectivity index is 2.25. The van der Waals surface area contributed by atoms with Crippen LogP contribution in [0.5, 0.6) is 5.75 Å². The Morgan fingerprint density at radius 2 is 1.88 bits per heavy atom. The van der Waals surface area contributed by atoms with Crippen molar-refractivity contribution in [2.75, 3.05) is 0 Å². The second-order valence-corrected chi connectivity index (χ2v) is 9.41. The van der Waals surface area contributed by atoms with Gasteiger partial charge in [0.15, 0.2) is 0 Å². The first kappa shape index (κ1) is 19.2. The van der Waals surface area contributed by atoms with Gasteiger partial charge in [-0.1, -0.05) is 41.0 Å². The second-order valence-electron chi connectivity index (χ2n) is 9.41. The third kappa shape index (κ3) is 2.83. The maximum Gasteiger partial charge on any atom is 0.303 e. The van der Waals surface area contributed by atoms with Gasteiger partial charge in [0.05, 0.1) is 0 Å². The van der Waals surface area contributed by atoms with E-state index in [9.17, 15) is 15.0 Å². The van der Waals surface area contributed by atoms with Crippen molar-refractivity contribution in [2.24, 2.45) is 11.3 Å². The molecular formula is C22H32O4. The molecule has 2 N–H and O–H groups in total. The first-order chi connectivity index (χ1) is 12.0. The molecule has 4 heteroatoms. The Labute approximate surface area is 156 Å². The van der Waals surface area contributed by atoms with Crippen molar-refractivity contribution < 1.29 is 19.7 Å². The third-order valence-electron chi connectivity index (χ3n) is 6.74. The molecule has 4 atom stereocenters. The van der Waals surface area contributed by atoms with Gasteiger partial charge in [-0.25, -0.2) is 0 Å². The predicted molar refractivity (Wildman–Crippen MR) is 101 cm³/mol. The number of carbonyl (C=O) groups excluding carboxylic acids is 1. The molecule has 1 saturated carbocycles. The molecule has 3 rings (SSSR count). The minimum Gasteiger partial charge on any atom is -0.508 e. The topological polar surface area (TPSA) is 66.8 Å². The molecule has 2 aliphatic carbocycles.